The molecule has 0 bridgehead atoms. The molecule has 1 atom stereocenters. The van der Waals surface area contributed by atoms with Crippen molar-refractivity contribution in [2.24, 2.45) is 5.10 Å². The number of fused-ring (bicyclic) bond motifs is 1. The van der Waals surface area contributed by atoms with Gasteiger partial charge in [0.2, 0.25) is 0 Å². The topological polar surface area (TPSA) is 85.0 Å². The van der Waals surface area contributed by atoms with E-state index in [1.165, 1.54) is 6.07 Å². The van der Waals surface area contributed by atoms with Gasteiger partial charge >= 0.3 is 5.97 Å². The lowest BCUT2D eigenvalue weighted by Crippen LogP contribution is -2.15. The molecule has 0 N–H and O–H groups in total. The van der Waals surface area contributed by atoms with Crippen LogP contribution in [0.2, 0.25) is 0 Å². The summed E-state index contributed by atoms with van der Waals surface area (Å²) < 4.78 is 5.46. The van der Waals surface area contributed by atoms with Crippen LogP contribution in [-0.2, 0) is 4.74 Å². The fraction of sp³-hybridized carbons (Fsp3) is 0.222. The first-order chi connectivity index (χ1) is 12.0. The Balaban J connectivity index is 2.00. The summed E-state index contributed by atoms with van der Waals surface area (Å²) in [7, 11) is 3.48. The summed E-state index contributed by atoms with van der Waals surface area (Å²) in [4.78, 5) is 22.9. The van der Waals surface area contributed by atoms with Crippen molar-refractivity contribution in [1.29, 1.82) is 0 Å². The number of rotatable bonds is 5. The second-order valence-corrected chi connectivity index (χ2v) is 5.85. The van der Waals surface area contributed by atoms with Crippen molar-refractivity contribution in [3.8, 4) is 0 Å². The number of carbonyl (C=O) groups is 1. The Bertz CT molecular complexity index is 861. The number of cyclic esters (lactones) is 1. The highest BCUT2D eigenvalue weighted by Crippen LogP contribution is 2.35. The van der Waals surface area contributed by atoms with Crippen LogP contribution < -0.4 is 0 Å². The van der Waals surface area contributed by atoms with Crippen molar-refractivity contribution in [2.45, 2.75) is 12.5 Å². The minimum Gasteiger partial charge on any atom is -0.453 e. The van der Waals surface area contributed by atoms with Crippen LogP contribution in [-0.4, -0.2) is 35.7 Å². The molecule has 1 aliphatic heterocycles. The van der Waals surface area contributed by atoms with E-state index in [0.717, 1.165) is 5.56 Å². The maximum atomic E-state index is 12.0. The molecule has 128 valence electrons. The van der Waals surface area contributed by atoms with Gasteiger partial charge in [0.1, 0.15) is 6.10 Å². The van der Waals surface area contributed by atoms with Gasteiger partial charge in [0.25, 0.3) is 5.69 Å². The molecule has 2 aromatic carbocycles. The van der Waals surface area contributed by atoms with Crippen molar-refractivity contribution in [1.82, 2.24) is 5.01 Å². The predicted octanol–water partition coefficient (Wildman–Crippen LogP) is 3.16. The van der Waals surface area contributed by atoms with E-state index in [-0.39, 0.29) is 18.1 Å². The van der Waals surface area contributed by atoms with Gasteiger partial charge < -0.3 is 9.75 Å². The average Bonchev–Trinajstić information content (AvgIpc) is 2.90. The molecule has 0 saturated carbocycles. The van der Waals surface area contributed by atoms with Gasteiger partial charge in [-0.15, -0.1) is 0 Å². The molecule has 0 saturated heterocycles. The Morgan fingerprint density at radius 2 is 1.88 bits per heavy atom. The Hall–Kier alpha value is -3.22. The number of nitro groups is 1. The average molecular weight is 339 g/mol. The van der Waals surface area contributed by atoms with Crippen LogP contribution in [0.25, 0.3) is 0 Å². The molecule has 7 nitrogen and oxygen atoms in total. The zero-order valence-electron chi connectivity index (χ0n) is 13.9. The Kier molecular flexibility index (Phi) is 4.47. The predicted molar refractivity (Wildman–Crippen MR) is 92.5 cm³/mol. The molecule has 7 heteroatoms. The van der Waals surface area contributed by atoms with E-state index in [1.807, 2.05) is 12.1 Å². The zero-order valence-corrected chi connectivity index (χ0v) is 13.9. The van der Waals surface area contributed by atoms with Crippen LogP contribution in [0.15, 0.2) is 53.6 Å². The van der Waals surface area contributed by atoms with E-state index in [1.54, 1.807) is 49.4 Å². The molecule has 0 fully saturated rings. The normalized spacial score (nSPS) is 16.3. The van der Waals surface area contributed by atoms with Crippen LogP contribution in [0.3, 0.4) is 0 Å². The molecule has 1 aliphatic rings. The SMILES string of the molecule is CN(C)/N=C(\CC1OC(=O)c2ccccc21)c1ccccc1[N+](=O)[O-]. The molecule has 1 unspecified atom stereocenters. The van der Waals surface area contributed by atoms with Crippen LogP contribution in [0.5, 0.6) is 0 Å². The number of nitrogens with zero attached hydrogens (tertiary/aromatic N) is 3. The molecule has 0 spiro atoms. The second-order valence-electron chi connectivity index (χ2n) is 5.85. The van der Waals surface area contributed by atoms with Gasteiger partial charge in [-0.1, -0.05) is 30.3 Å². The Morgan fingerprint density at radius 3 is 2.60 bits per heavy atom. The minimum absolute atomic E-state index is 0.0271. The van der Waals surface area contributed by atoms with Crippen LogP contribution in [0.4, 0.5) is 5.69 Å². The fourth-order valence-corrected chi connectivity index (χ4v) is 2.87. The number of carbonyl (C=O) groups excluding carboxylic acids is 1. The first kappa shape index (κ1) is 16.6. The highest BCUT2D eigenvalue weighted by Gasteiger charge is 2.33. The highest BCUT2D eigenvalue weighted by atomic mass is 16.6. The van der Waals surface area contributed by atoms with E-state index in [2.05, 4.69) is 5.10 Å². The fourth-order valence-electron chi connectivity index (χ4n) is 2.87. The van der Waals surface area contributed by atoms with Gasteiger partial charge in [0, 0.05) is 32.1 Å². The number of hydrogen-bond acceptors (Lipinski definition) is 6. The third-order valence-corrected chi connectivity index (χ3v) is 3.89. The number of hydrogen-bond donors (Lipinski definition) is 0. The molecule has 0 aliphatic carbocycles. The van der Waals surface area contributed by atoms with Crippen LogP contribution in [0.1, 0.15) is 34.0 Å². The number of ether oxygens (including phenoxy) is 1. The molecular weight excluding hydrogens is 322 g/mol. The monoisotopic (exact) mass is 339 g/mol. The Labute approximate surface area is 144 Å². The number of benzene rings is 2. The van der Waals surface area contributed by atoms with E-state index >= 15 is 0 Å². The van der Waals surface area contributed by atoms with E-state index < -0.39 is 11.0 Å². The zero-order chi connectivity index (χ0) is 18.0. The number of hydrazone groups is 1. The van der Waals surface area contributed by atoms with Crippen molar-refractivity contribution >= 4 is 17.4 Å². The summed E-state index contributed by atoms with van der Waals surface area (Å²) in [6.45, 7) is 0. The molecule has 3 rings (SSSR count). The number of para-hydroxylation sites is 1. The lowest BCUT2D eigenvalue weighted by molar-refractivity contribution is -0.385. The summed E-state index contributed by atoms with van der Waals surface area (Å²) >= 11 is 0. The lowest BCUT2D eigenvalue weighted by atomic mass is 9.97. The van der Waals surface area contributed by atoms with Crippen molar-refractivity contribution in [3.05, 3.63) is 75.3 Å². The van der Waals surface area contributed by atoms with Crippen LogP contribution in [0, 0.1) is 10.1 Å². The molecule has 0 radical (unpaired) electrons. The van der Waals surface area contributed by atoms with Crippen molar-refractivity contribution < 1.29 is 14.5 Å². The van der Waals surface area contributed by atoms with Gasteiger partial charge in [-0.2, -0.15) is 5.10 Å². The van der Waals surface area contributed by atoms with Gasteiger partial charge in [0.15, 0.2) is 0 Å². The summed E-state index contributed by atoms with van der Waals surface area (Å²) in [5.41, 5.74) is 2.19. The quantitative estimate of drug-likeness (QED) is 0.361. The lowest BCUT2D eigenvalue weighted by Gasteiger charge is -2.15. The van der Waals surface area contributed by atoms with Gasteiger partial charge in [-0.3, -0.25) is 10.1 Å². The second kappa shape index (κ2) is 6.72. The Morgan fingerprint density at radius 1 is 1.20 bits per heavy atom. The maximum absolute atomic E-state index is 12.0. The summed E-state index contributed by atoms with van der Waals surface area (Å²) in [5.74, 6) is -0.382. The highest BCUT2D eigenvalue weighted by molar-refractivity contribution is 6.05. The van der Waals surface area contributed by atoms with E-state index in [0.29, 0.717) is 16.8 Å². The third kappa shape index (κ3) is 3.35. The van der Waals surface area contributed by atoms with Gasteiger partial charge in [0.05, 0.1) is 21.8 Å². The molecule has 1 heterocycles. The molecule has 25 heavy (non-hydrogen) atoms. The largest absolute Gasteiger partial charge is 0.453 e. The van der Waals surface area contributed by atoms with Crippen molar-refractivity contribution in [3.63, 3.8) is 0 Å². The molecule has 2 aromatic rings. The first-order valence-electron chi connectivity index (χ1n) is 7.76. The minimum atomic E-state index is -0.512. The summed E-state index contributed by atoms with van der Waals surface area (Å²) in [6, 6.07) is 13.6. The smallest absolute Gasteiger partial charge is 0.339 e. The van der Waals surface area contributed by atoms with Crippen LogP contribution >= 0.6 is 0 Å². The van der Waals surface area contributed by atoms with E-state index in [9.17, 15) is 14.9 Å². The molecular formula is C18H17N3O4. The van der Waals surface area contributed by atoms with Crippen molar-refractivity contribution in [2.75, 3.05) is 14.1 Å². The van der Waals surface area contributed by atoms with E-state index in [4.69, 9.17) is 4.74 Å². The first-order valence-corrected chi connectivity index (χ1v) is 7.76. The van der Waals surface area contributed by atoms with Gasteiger partial charge in [-0.05, 0) is 12.1 Å². The summed E-state index contributed by atoms with van der Waals surface area (Å²) in [5, 5.41) is 17.3. The third-order valence-electron chi connectivity index (χ3n) is 3.89. The number of nitro benzene ring substituents is 1. The van der Waals surface area contributed by atoms with Gasteiger partial charge in [-0.25, -0.2) is 4.79 Å². The standard InChI is InChI=1S/C18H17N3O4/c1-20(2)19-15(14-9-5-6-10-16(14)21(23)24)11-17-12-7-3-4-8-13(12)18(22)25-17/h3-10,17H,11H2,1-2H3/b19-15+. The molecule has 0 aromatic heterocycles. The maximum Gasteiger partial charge on any atom is 0.339 e. The molecule has 0 amide bonds. The number of esters is 1. The summed E-state index contributed by atoms with van der Waals surface area (Å²) in [6.07, 6.45) is -0.256.